The number of sulfonamides is 1. The van der Waals surface area contributed by atoms with Gasteiger partial charge in [-0.1, -0.05) is 23.2 Å². The number of benzene rings is 2. The predicted octanol–water partition coefficient (Wildman–Crippen LogP) is 4.67. The molecule has 0 atom stereocenters. The summed E-state index contributed by atoms with van der Waals surface area (Å²) in [7, 11) is -4.00. The summed E-state index contributed by atoms with van der Waals surface area (Å²) in [4.78, 5) is 26.5. The van der Waals surface area contributed by atoms with E-state index in [1.54, 1.807) is 12.1 Å². The first kappa shape index (κ1) is 28.3. The maximum absolute atomic E-state index is 13.3. The maximum Gasteiger partial charge on any atom is 0.269 e. The van der Waals surface area contributed by atoms with Crippen LogP contribution in [0.1, 0.15) is 26.4 Å². The summed E-state index contributed by atoms with van der Waals surface area (Å²) in [6.07, 6.45) is 0.533. The molecule has 15 heteroatoms. The number of carbonyl (C=O) groups excluding carboxylic acids is 1. The lowest BCUT2D eigenvalue weighted by Gasteiger charge is -2.28. The van der Waals surface area contributed by atoms with E-state index in [0.717, 1.165) is 22.2 Å². The van der Waals surface area contributed by atoms with Gasteiger partial charge in [0, 0.05) is 42.3 Å². The Bertz CT molecular complexity index is 1650. The zero-order valence-corrected chi connectivity index (χ0v) is 23.9. The third-order valence-electron chi connectivity index (χ3n) is 6.68. The van der Waals surface area contributed by atoms with Gasteiger partial charge >= 0.3 is 0 Å². The number of anilines is 2. The van der Waals surface area contributed by atoms with Crippen molar-refractivity contribution in [3.63, 3.8) is 0 Å². The molecular weight excluding hydrogens is 601 g/mol. The number of rotatable bonds is 6. The highest BCUT2D eigenvalue weighted by atomic mass is 35.5. The van der Waals surface area contributed by atoms with Gasteiger partial charge in [-0.2, -0.15) is 9.57 Å². The Morgan fingerprint density at radius 2 is 1.82 bits per heavy atom. The van der Waals surface area contributed by atoms with Crippen LogP contribution >= 0.6 is 34.5 Å². The van der Waals surface area contributed by atoms with E-state index >= 15 is 0 Å². The number of nitro benzene ring substituents is 1. The number of ether oxygens (including phenoxy) is 1. The number of carbonyl (C=O) groups is 1. The van der Waals surface area contributed by atoms with E-state index in [4.69, 9.17) is 27.9 Å². The zero-order chi connectivity index (χ0) is 28.6. The summed E-state index contributed by atoms with van der Waals surface area (Å²) >= 11 is 13.8. The normalized spacial score (nSPS) is 15.8. The van der Waals surface area contributed by atoms with Gasteiger partial charge in [0.1, 0.15) is 16.0 Å². The van der Waals surface area contributed by atoms with E-state index < -0.39 is 20.9 Å². The van der Waals surface area contributed by atoms with E-state index in [1.165, 1.54) is 33.8 Å². The van der Waals surface area contributed by atoms with E-state index in [0.29, 0.717) is 30.1 Å². The fourth-order valence-corrected chi connectivity index (χ4v) is 8.06. The van der Waals surface area contributed by atoms with Crippen LogP contribution in [0.25, 0.3) is 0 Å². The molecule has 0 radical (unpaired) electrons. The smallest absolute Gasteiger partial charge is 0.269 e. The van der Waals surface area contributed by atoms with Crippen LogP contribution in [0.3, 0.4) is 0 Å². The fraction of sp³-hybridized carbons (Fsp3) is 0.280. The van der Waals surface area contributed by atoms with Gasteiger partial charge in [0.15, 0.2) is 0 Å². The topological polar surface area (TPSA) is 146 Å². The van der Waals surface area contributed by atoms with Gasteiger partial charge < -0.3 is 15.0 Å². The van der Waals surface area contributed by atoms with Gasteiger partial charge in [0.2, 0.25) is 10.0 Å². The second-order valence-corrected chi connectivity index (χ2v) is 12.8. The third kappa shape index (κ3) is 5.38. The van der Waals surface area contributed by atoms with Crippen LogP contribution in [0.4, 0.5) is 16.4 Å². The molecule has 0 bridgehead atoms. The number of nitriles is 1. The van der Waals surface area contributed by atoms with Crippen LogP contribution in [-0.2, 0) is 27.7 Å². The predicted molar refractivity (Wildman–Crippen MR) is 151 cm³/mol. The average Bonchev–Trinajstić information content (AvgIpc) is 3.29. The zero-order valence-electron chi connectivity index (χ0n) is 20.7. The van der Waals surface area contributed by atoms with E-state index in [-0.39, 0.29) is 52.5 Å². The van der Waals surface area contributed by atoms with Crippen molar-refractivity contribution in [1.29, 1.82) is 5.26 Å². The number of amides is 1. The quantitative estimate of drug-likeness (QED) is 0.308. The molecule has 5 rings (SSSR count). The molecule has 0 aliphatic carbocycles. The number of fused-ring (bicyclic) bond motifs is 1. The van der Waals surface area contributed by atoms with Crippen molar-refractivity contribution in [1.82, 2.24) is 4.31 Å². The first-order chi connectivity index (χ1) is 19.1. The lowest BCUT2D eigenvalue weighted by Crippen LogP contribution is -2.40. The van der Waals surface area contributed by atoms with E-state index in [2.05, 4.69) is 11.4 Å². The van der Waals surface area contributed by atoms with Crippen LogP contribution < -0.4 is 10.2 Å². The number of non-ortho nitro benzene ring substituents is 1. The highest BCUT2D eigenvalue weighted by molar-refractivity contribution is 7.89. The minimum Gasteiger partial charge on any atom is -0.379 e. The van der Waals surface area contributed by atoms with Crippen LogP contribution in [0, 0.1) is 21.4 Å². The van der Waals surface area contributed by atoms with E-state index in [1.807, 2.05) is 4.90 Å². The fourth-order valence-electron chi connectivity index (χ4n) is 4.61. The lowest BCUT2D eigenvalue weighted by molar-refractivity contribution is -0.384. The monoisotopic (exact) mass is 621 g/mol. The molecule has 2 aromatic carbocycles. The Morgan fingerprint density at radius 3 is 2.48 bits per heavy atom. The number of halogens is 2. The minimum atomic E-state index is -4.00. The molecule has 1 N–H and O–H groups in total. The van der Waals surface area contributed by atoms with Crippen molar-refractivity contribution in [3.05, 3.63) is 78.1 Å². The van der Waals surface area contributed by atoms with Gasteiger partial charge in [-0.3, -0.25) is 14.9 Å². The molecule has 0 unspecified atom stereocenters. The molecule has 1 saturated heterocycles. The van der Waals surface area contributed by atoms with Crippen molar-refractivity contribution in [3.8, 4) is 6.07 Å². The van der Waals surface area contributed by atoms with E-state index in [9.17, 15) is 28.6 Å². The van der Waals surface area contributed by atoms with Gasteiger partial charge in [-0.25, -0.2) is 8.42 Å². The highest BCUT2D eigenvalue weighted by Gasteiger charge is 2.31. The van der Waals surface area contributed by atoms with Crippen LogP contribution in [0.5, 0.6) is 0 Å². The molecule has 1 aromatic heterocycles. The molecule has 3 aromatic rings. The Labute approximate surface area is 243 Å². The molecule has 0 saturated carbocycles. The molecule has 11 nitrogen and oxygen atoms in total. The number of morpholine rings is 1. The minimum absolute atomic E-state index is 0.00361. The van der Waals surface area contributed by atoms with Gasteiger partial charge in [-0.15, -0.1) is 11.3 Å². The number of nitro groups is 1. The molecule has 3 heterocycles. The van der Waals surface area contributed by atoms with Gasteiger partial charge in [0.05, 0.1) is 45.9 Å². The summed E-state index contributed by atoms with van der Waals surface area (Å²) in [5.41, 5.74) is 1.86. The molecular formula is C25H21Cl2N5O6S2. The van der Waals surface area contributed by atoms with Gasteiger partial charge in [-0.05, 0) is 36.2 Å². The lowest BCUT2D eigenvalue weighted by atomic mass is 10.0. The molecule has 0 spiro atoms. The Morgan fingerprint density at radius 1 is 1.12 bits per heavy atom. The van der Waals surface area contributed by atoms with Crippen molar-refractivity contribution < 1.29 is 22.9 Å². The van der Waals surface area contributed by atoms with Crippen molar-refractivity contribution in [2.24, 2.45) is 0 Å². The summed E-state index contributed by atoms with van der Waals surface area (Å²) in [6.45, 7) is 1.85. The van der Waals surface area contributed by atoms with Crippen LogP contribution in [0.15, 0.2) is 41.3 Å². The Kier molecular flexibility index (Phi) is 8.01. The summed E-state index contributed by atoms with van der Waals surface area (Å²) in [5.74, 6) is -0.678. The summed E-state index contributed by atoms with van der Waals surface area (Å²) < 4.78 is 32.9. The number of thiophene rings is 1. The number of hydrogen-bond donors (Lipinski definition) is 1. The molecule has 2 aliphatic rings. The third-order valence-corrected chi connectivity index (χ3v) is 10.5. The van der Waals surface area contributed by atoms with Crippen LogP contribution in [-0.4, -0.2) is 56.4 Å². The van der Waals surface area contributed by atoms with Crippen molar-refractivity contribution in [2.75, 3.05) is 43.1 Å². The second kappa shape index (κ2) is 11.3. The molecule has 1 fully saturated rings. The second-order valence-electron chi connectivity index (χ2n) is 9.00. The first-order valence-electron chi connectivity index (χ1n) is 12.0. The molecule has 208 valence electrons. The molecule has 40 heavy (non-hydrogen) atoms. The molecule has 1 amide bonds. The van der Waals surface area contributed by atoms with Crippen LogP contribution in [0.2, 0.25) is 10.0 Å². The summed E-state index contributed by atoms with van der Waals surface area (Å²) in [6, 6.07) is 10.8. The Hall–Kier alpha value is -3.25. The summed E-state index contributed by atoms with van der Waals surface area (Å²) in [5, 5.41) is 23.8. The largest absolute Gasteiger partial charge is 0.379 e. The van der Waals surface area contributed by atoms with Crippen molar-refractivity contribution in [2.45, 2.75) is 17.9 Å². The number of hydrogen-bond acceptors (Lipinski definition) is 9. The Balaban J connectivity index is 1.40. The maximum atomic E-state index is 13.3. The average molecular weight is 623 g/mol. The standard InChI is InChI=1S/C25H21Cl2N5O6S2/c26-20-12-21(27)23(40(36,37)31-7-9-38-10-8-31)11-18(20)24(33)29-25-19(13-28)17-5-6-30(14-22(17)39-25)15-1-3-16(4-2-15)32(34)35/h1-4,11-12H,5-10,14H2,(H,29,33). The first-order valence-corrected chi connectivity index (χ1v) is 15.0. The molecule has 2 aliphatic heterocycles. The number of nitrogens with zero attached hydrogens (tertiary/aromatic N) is 4. The van der Waals surface area contributed by atoms with Gasteiger partial charge in [0.25, 0.3) is 11.6 Å². The highest BCUT2D eigenvalue weighted by Crippen LogP contribution is 2.39. The number of nitrogens with one attached hydrogen (secondary N) is 1. The van der Waals surface area contributed by atoms with Crippen molar-refractivity contribution >= 4 is 66.8 Å². The SMILES string of the molecule is N#Cc1c(NC(=O)c2cc(S(=O)(=O)N3CCOCC3)c(Cl)cc2Cl)sc2c1CCN(c1ccc([N+](=O)[O-])cc1)C2.